The predicted octanol–water partition coefficient (Wildman–Crippen LogP) is 2.87. The van der Waals surface area contributed by atoms with Crippen LogP contribution in [0.1, 0.15) is 27.9 Å². The number of benzene rings is 1. The fraction of sp³-hybridized carbons (Fsp3) is 0.214. The van der Waals surface area contributed by atoms with E-state index in [2.05, 4.69) is 5.32 Å². The minimum absolute atomic E-state index is 0.0205. The van der Waals surface area contributed by atoms with Crippen LogP contribution in [-0.4, -0.2) is 12.3 Å². The van der Waals surface area contributed by atoms with Crippen LogP contribution in [0.3, 0.4) is 0 Å². The van der Waals surface area contributed by atoms with E-state index in [4.69, 9.17) is 4.42 Å². The SMILES string of the molecule is O=C(c1ccoc1)c1ccc2c(c1)CCCN2. The zero-order valence-corrected chi connectivity index (χ0v) is 9.40. The number of furan rings is 1. The molecule has 17 heavy (non-hydrogen) atoms. The average Bonchev–Trinajstić information content (AvgIpc) is 2.91. The van der Waals surface area contributed by atoms with Crippen LogP contribution in [0, 0.1) is 0 Å². The van der Waals surface area contributed by atoms with Crippen molar-refractivity contribution in [2.24, 2.45) is 0 Å². The Morgan fingerprint density at radius 2 is 2.18 bits per heavy atom. The van der Waals surface area contributed by atoms with Gasteiger partial charge >= 0.3 is 0 Å². The molecule has 0 amide bonds. The molecule has 0 atom stereocenters. The molecule has 0 aliphatic carbocycles. The van der Waals surface area contributed by atoms with E-state index in [0.29, 0.717) is 5.56 Å². The fourth-order valence-corrected chi connectivity index (χ4v) is 2.18. The van der Waals surface area contributed by atoms with Gasteiger partial charge in [0.25, 0.3) is 0 Å². The zero-order valence-electron chi connectivity index (χ0n) is 9.40. The minimum Gasteiger partial charge on any atom is -0.472 e. The molecule has 2 aromatic rings. The lowest BCUT2D eigenvalue weighted by Gasteiger charge is -2.18. The third-order valence-corrected chi connectivity index (χ3v) is 3.09. The number of carbonyl (C=O) groups is 1. The summed E-state index contributed by atoms with van der Waals surface area (Å²) in [5.74, 6) is 0.0205. The third kappa shape index (κ3) is 1.84. The Morgan fingerprint density at radius 1 is 1.24 bits per heavy atom. The number of fused-ring (bicyclic) bond motifs is 1. The number of rotatable bonds is 2. The van der Waals surface area contributed by atoms with Crippen LogP contribution in [0.15, 0.2) is 41.2 Å². The van der Waals surface area contributed by atoms with Crippen molar-refractivity contribution < 1.29 is 9.21 Å². The molecule has 2 heterocycles. The Balaban J connectivity index is 1.96. The van der Waals surface area contributed by atoms with Crippen LogP contribution in [0.5, 0.6) is 0 Å². The van der Waals surface area contributed by atoms with Gasteiger partial charge in [-0.05, 0) is 42.7 Å². The summed E-state index contributed by atoms with van der Waals surface area (Å²) in [6.07, 6.45) is 5.17. The second-order valence-corrected chi connectivity index (χ2v) is 4.24. The molecule has 0 bridgehead atoms. The molecule has 1 aliphatic rings. The largest absolute Gasteiger partial charge is 0.472 e. The molecule has 0 spiro atoms. The molecule has 3 heteroatoms. The normalized spacial score (nSPS) is 13.9. The molecule has 1 N–H and O–H groups in total. The van der Waals surface area contributed by atoms with Crippen LogP contribution < -0.4 is 5.32 Å². The lowest BCUT2D eigenvalue weighted by atomic mass is 9.97. The monoisotopic (exact) mass is 227 g/mol. The number of hydrogen-bond donors (Lipinski definition) is 1. The number of nitrogens with one attached hydrogen (secondary N) is 1. The summed E-state index contributed by atoms with van der Waals surface area (Å²) in [6, 6.07) is 7.53. The quantitative estimate of drug-likeness (QED) is 0.802. The number of ketones is 1. The lowest BCUT2D eigenvalue weighted by Crippen LogP contribution is -2.12. The minimum atomic E-state index is 0.0205. The molecule has 1 aliphatic heterocycles. The molecule has 0 saturated carbocycles. The van der Waals surface area contributed by atoms with E-state index in [1.54, 1.807) is 6.07 Å². The second-order valence-electron chi connectivity index (χ2n) is 4.24. The summed E-state index contributed by atoms with van der Waals surface area (Å²) in [5.41, 5.74) is 3.72. The zero-order chi connectivity index (χ0) is 11.7. The van der Waals surface area contributed by atoms with E-state index in [-0.39, 0.29) is 5.78 Å². The summed E-state index contributed by atoms with van der Waals surface area (Å²) in [5, 5.41) is 3.33. The Hall–Kier alpha value is -2.03. The van der Waals surface area contributed by atoms with Gasteiger partial charge < -0.3 is 9.73 Å². The molecular weight excluding hydrogens is 214 g/mol. The van der Waals surface area contributed by atoms with E-state index in [0.717, 1.165) is 30.6 Å². The van der Waals surface area contributed by atoms with Crippen LogP contribution in [0.2, 0.25) is 0 Å². The van der Waals surface area contributed by atoms with Gasteiger partial charge in [-0.25, -0.2) is 0 Å². The molecule has 0 fully saturated rings. The molecule has 86 valence electrons. The highest BCUT2D eigenvalue weighted by Crippen LogP contribution is 2.24. The molecular formula is C14H13NO2. The molecule has 1 aromatic heterocycles. The summed E-state index contributed by atoms with van der Waals surface area (Å²) in [7, 11) is 0. The highest BCUT2D eigenvalue weighted by molar-refractivity contribution is 6.09. The van der Waals surface area contributed by atoms with Gasteiger partial charge in [0.2, 0.25) is 0 Å². The molecule has 3 rings (SSSR count). The van der Waals surface area contributed by atoms with Gasteiger partial charge in [0.1, 0.15) is 6.26 Å². The van der Waals surface area contributed by atoms with Crippen LogP contribution >= 0.6 is 0 Å². The van der Waals surface area contributed by atoms with Crippen LogP contribution in [0.4, 0.5) is 5.69 Å². The van der Waals surface area contributed by atoms with Crippen molar-refractivity contribution in [1.82, 2.24) is 0 Å². The van der Waals surface area contributed by atoms with Gasteiger partial charge in [0.05, 0.1) is 11.8 Å². The maximum absolute atomic E-state index is 12.1. The van der Waals surface area contributed by atoms with Gasteiger partial charge in [-0.1, -0.05) is 0 Å². The van der Waals surface area contributed by atoms with Crippen molar-refractivity contribution in [3.05, 3.63) is 53.5 Å². The number of anilines is 1. The first kappa shape index (κ1) is 10.1. The Morgan fingerprint density at radius 3 is 3.00 bits per heavy atom. The summed E-state index contributed by atoms with van der Waals surface area (Å²) in [4.78, 5) is 12.1. The second kappa shape index (κ2) is 4.09. The van der Waals surface area contributed by atoms with Gasteiger partial charge in [-0.15, -0.1) is 0 Å². The standard InChI is InChI=1S/C14H13NO2/c16-14(12-5-7-17-9-12)11-3-4-13-10(8-11)2-1-6-15-13/h3-5,7-9,15H,1-2,6H2. The van der Waals surface area contributed by atoms with E-state index in [9.17, 15) is 4.79 Å². The first-order valence-electron chi connectivity index (χ1n) is 5.78. The molecule has 0 radical (unpaired) electrons. The van der Waals surface area contributed by atoms with Crippen molar-refractivity contribution in [3.8, 4) is 0 Å². The lowest BCUT2D eigenvalue weighted by molar-refractivity contribution is 0.103. The van der Waals surface area contributed by atoms with E-state index in [1.165, 1.54) is 18.1 Å². The molecule has 0 saturated heterocycles. The van der Waals surface area contributed by atoms with E-state index < -0.39 is 0 Å². The number of carbonyl (C=O) groups excluding carboxylic acids is 1. The molecule has 3 nitrogen and oxygen atoms in total. The van der Waals surface area contributed by atoms with Gasteiger partial charge in [0, 0.05) is 17.8 Å². The first-order chi connectivity index (χ1) is 8.34. The third-order valence-electron chi connectivity index (χ3n) is 3.09. The summed E-state index contributed by atoms with van der Waals surface area (Å²) >= 11 is 0. The van der Waals surface area contributed by atoms with Crippen LogP contribution in [-0.2, 0) is 6.42 Å². The first-order valence-corrected chi connectivity index (χ1v) is 5.78. The fourth-order valence-electron chi connectivity index (χ4n) is 2.18. The Kier molecular flexibility index (Phi) is 2.44. The van der Waals surface area contributed by atoms with Gasteiger partial charge in [-0.3, -0.25) is 4.79 Å². The van der Waals surface area contributed by atoms with Gasteiger partial charge in [-0.2, -0.15) is 0 Å². The van der Waals surface area contributed by atoms with Crippen molar-refractivity contribution in [2.45, 2.75) is 12.8 Å². The Bertz CT molecular complexity index is 543. The number of hydrogen-bond acceptors (Lipinski definition) is 3. The smallest absolute Gasteiger partial charge is 0.196 e. The summed E-state index contributed by atoms with van der Waals surface area (Å²) in [6.45, 7) is 1.02. The topological polar surface area (TPSA) is 42.2 Å². The van der Waals surface area contributed by atoms with Crippen molar-refractivity contribution >= 4 is 11.5 Å². The van der Waals surface area contributed by atoms with Crippen molar-refractivity contribution in [2.75, 3.05) is 11.9 Å². The summed E-state index contributed by atoms with van der Waals surface area (Å²) < 4.78 is 4.94. The Labute approximate surface area is 99.4 Å². The molecule has 0 unspecified atom stereocenters. The predicted molar refractivity (Wildman–Crippen MR) is 65.4 cm³/mol. The molecule has 1 aromatic carbocycles. The number of aryl methyl sites for hydroxylation is 1. The average molecular weight is 227 g/mol. The highest BCUT2D eigenvalue weighted by atomic mass is 16.3. The van der Waals surface area contributed by atoms with E-state index in [1.807, 2.05) is 18.2 Å². The van der Waals surface area contributed by atoms with Crippen molar-refractivity contribution in [3.63, 3.8) is 0 Å². The highest BCUT2D eigenvalue weighted by Gasteiger charge is 2.14. The van der Waals surface area contributed by atoms with Crippen LogP contribution in [0.25, 0.3) is 0 Å². The maximum atomic E-state index is 12.1. The maximum Gasteiger partial charge on any atom is 0.196 e. The van der Waals surface area contributed by atoms with E-state index >= 15 is 0 Å². The van der Waals surface area contributed by atoms with Gasteiger partial charge in [0.15, 0.2) is 5.78 Å². The van der Waals surface area contributed by atoms with Crippen molar-refractivity contribution in [1.29, 1.82) is 0 Å².